The van der Waals surface area contributed by atoms with Gasteiger partial charge in [-0.3, -0.25) is 0 Å². The average Bonchev–Trinajstić information content (AvgIpc) is 2.21. The molecule has 0 atom stereocenters. The maximum atomic E-state index is 10.7. The summed E-state index contributed by atoms with van der Waals surface area (Å²) in [6, 6.07) is 0. The highest BCUT2D eigenvalue weighted by atomic mass is 16.7. The van der Waals surface area contributed by atoms with Crippen molar-refractivity contribution in [1.29, 1.82) is 0 Å². The highest BCUT2D eigenvalue weighted by Gasteiger charge is 2.07. The largest absolute Gasteiger partial charge is 0.370 e. The molecule has 1 aliphatic rings. The molecule has 0 aliphatic heterocycles. The van der Waals surface area contributed by atoms with E-state index in [2.05, 4.69) is 10.7 Å². The molecule has 0 aromatic carbocycles. The van der Waals surface area contributed by atoms with Gasteiger partial charge in [0.15, 0.2) is 0 Å². The Labute approximate surface area is 72.8 Å². The molecule has 68 valence electrons. The lowest BCUT2D eigenvalue weighted by atomic mass is 10.1. The first-order valence-electron chi connectivity index (χ1n) is 4.12. The molecule has 2 N–H and O–H groups in total. The molecule has 1 aliphatic carbocycles. The van der Waals surface area contributed by atoms with Crippen molar-refractivity contribution in [2.75, 3.05) is 0 Å². The summed E-state index contributed by atoms with van der Waals surface area (Å²) in [5.74, 6) is 4.22. The van der Waals surface area contributed by atoms with Crippen molar-refractivity contribution in [3.05, 3.63) is 23.8 Å². The SMILES string of the molecule is CC.NOC(=O)C1=CCCC=C1. The summed E-state index contributed by atoms with van der Waals surface area (Å²) >= 11 is 0. The van der Waals surface area contributed by atoms with Gasteiger partial charge in [0.2, 0.25) is 0 Å². The van der Waals surface area contributed by atoms with Crippen LogP contribution in [0.1, 0.15) is 26.7 Å². The predicted molar refractivity (Wildman–Crippen MR) is 48.1 cm³/mol. The maximum Gasteiger partial charge on any atom is 0.356 e. The third kappa shape index (κ3) is 3.34. The third-order valence-electron chi connectivity index (χ3n) is 1.34. The van der Waals surface area contributed by atoms with Crippen LogP contribution in [0.2, 0.25) is 0 Å². The molecule has 0 bridgehead atoms. The van der Waals surface area contributed by atoms with E-state index < -0.39 is 5.97 Å². The lowest BCUT2D eigenvalue weighted by Crippen LogP contribution is -2.11. The van der Waals surface area contributed by atoms with E-state index in [1.807, 2.05) is 26.0 Å². The number of carbonyl (C=O) groups excluding carboxylic acids is 1. The van der Waals surface area contributed by atoms with Crippen molar-refractivity contribution >= 4 is 5.97 Å². The van der Waals surface area contributed by atoms with Gasteiger partial charge < -0.3 is 4.84 Å². The Balaban J connectivity index is 0.000000561. The first kappa shape index (κ1) is 10.9. The zero-order valence-corrected chi connectivity index (χ0v) is 7.54. The molecule has 3 nitrogen and oxygen atoms in total. The Morgan fingerprint density at radius 2 is 2.17 bits per heavy atom. The molecule has 0 amide bonds. The Hall–Kier alpha value is -1.09. The van der Waals surface area contributed by atoms with Crippen molar-refractivity contribution in [2.45, 2.75) is 26.7 Å². The smallest absolute Gasteiger partial charge is 0.356 e. The summed E-state index contributed by atoms with van der Waals surface area (Å²) in [6.45, 7) is 4.00. The number of hydrogen-bond acceptors (Lipinski definition) is 3. The summed E-state index contributed by atoms with van der Waals surface area (Å²) < 4.78 is 0. The molecular formula is C9H15NO2. The van der Waals surface area contributed by atoms with Crippen molar-refractivity contribution < 1.29 is 9.63 Å². The molecule has 0 heterocycles. The van der Waals surface area contributed by atoms with Gasteiger partial charge >= 0.3 is 5.97 Å². The molecule has 0 radical (unpaired) electrons. The quantitative estimate of drug-likeness (QED) is 0.608. The molecule has 12 heavy (non-hydrogen) atoms. The molecule has 0 fully saturated rings. The highest BCUT2D eigenvalue weighted by molar-refractivity contribution is 5.91. The fourth-order valence-corrected chi connectivity index (χ4v) is 0.833. The van der Waals surface area contributed by atoms with Gasteiger partial charge in [-0.2, -0.15) is 5.90 Å². The van der Waals surface area contributed by atoms with Crippen molar-refractivity contribution in [3.63, 3.8) is 0 Å². The predicted octanol–water partition coefficient (Wildman–Crippen LogP) is 1.71. The summed E-state index contributed by atoms with van der Waals surface area (Å²) in [5, 5.41) is 0. The molecule has 0 saturated heterocycles. The molecule has 0 saturated carbocycles. The van der Waals surface area contributed by atoms with Crippen LogP contribution < -0.4 is 5.90 Å². The van der Waals surface area contributed by atoms with Crippen LogP contribution in [0.15, 0.2) is 23.8 Å². The van der Waals surface area contributed by atoms with Gasteiger partial charge in [-0.25, -0.2) is 4.79 Å². The van der Waals surface area contributed by atoms with Crippen LogP contribution in [0.5, 0.6) is 0 Å². The Bertz CT molecular complexity index is 195. The monoisotopic (exact) mass is 169 g/mol. The minimum Gasteiger partial charge on any atom is -0.370 e. The second kappa shape index (κ2) is 6.61. The number of nitrogens with two attached hydrogens (primary N) is 1. The minimum atomic E-state index is -0.462. The van der Waals surface area contributed by atoms with Gasteiger partial charge in [0.25, 0.3) is 0 Å². The van der Waals surface area contributed by atoms with Crippen molar-refractivity contribution in [1.82, 2.24) is 0 Å². The fraction of sp³-hybridized carbons (Fsp3) is 0.444. The summed E-state index contributed by atoms with van der Waals surface area (Å²) in [7, 11) is 0. The number of allylic oxidation sites excluding steroid dienone is 2. The van der Waals surface area contributed by atoms with Crippen molar-refractivity contribution in [2.24, 2.45) is 5.90 Å². The summed E-state index contributed by atoms with van der Waals surface area (Å²) in [5.41, 5.74) is 0.550. The zero-order chi connectivity index (χ0) is 9.40. The van der Waals surface area contributed by atoms with Crippen LogP contribution in [0, 0.1) is 0 Å². The molecule has 0 unspecified atom stereocenters. The van der Waals surface area contributed by atoms with Crippen LogP contribution in [0.4, 0.5) is 0 Å². The van der Waals surface area contributed by atoms with E-state index in [4.69, 9.17) is 0 Å². The summed E-state index contributed by atoms with van der Waals surface area (Å²) in [4.78, 5) is 14.7. The molecule has 1 rings (SSSR count). The number of hydrogen-bond donors (Lipinski definition) is 1. The number of rotatable bonds is 1. The normalized spacial score (nSPS) is 14.1. The van der Waals surface area contributed by atoms with Crippen molar-refractivity contribution in [3.8, 4) is 0 Å². The van der Waals surface area contributed by atoms with Gasteiger partial charge in [-0.1, -0.05) is 32.1 Å². The van der Waals surface area contributed by atoms with Gasteiger partial charge in [-0.15, -0.1) is 0 Å². The minimum absolute atomic E-state index is 0.462. The van der Waals surface area contributed by atoms with Crippen LogP contribution in [-0.4, -0.2) is 5.97 Å². The van der Waals surface area contributed by atoms with E-state index in [0.29, 0.717) is 5.57 Å². The standard InChI is InChI=1S/C7H9NO2.C2H6/c8-10-7(9)6-4-2-1-3-5-6;1-2/h2,4-5H,1,3,8H2;1-2H3. The van der Waals surface area contributed by atoms with Gasteiger partial charge in [0, 0.05) is 0 Å². The Kier molecular flexibility index (Phi) is 6.01. The van der Waals surface area contributed by atoms with Gasteiger partial charge in [-0.05, 0) is 12.8 Å². The third-order valence-corrected chi connectivity index (χ3v) is 1.34. The highest BCUT2D eigenvalue weighted by Crippen LogP contribution is 2.09. The molecule has 0 aromatic heterocycles. The maximum absolute atomic E-state index is 10.7. The average molecular weight is 169 g/mol. The van der Waals surface area contributed by atoms with E-state index in [0.717, 1.165) is 12.8 Å². The lowest BCUT2D eigenvalue weighted by Gasteiger charge is -2.02. The molecular weight excluding hydrogens is 154 g/mol. The Morgan fingerprint density at radius 1 is 1.50 bits per heavy atom. The van der Waals surface area contributed by atoms with Gasteiger partial charge in [0.1, 0.15) is 0 Å². The van der Waals surface area contributed by atoms with E-state index in [9.17, 15) is 4.79 Å². The van der Waals surface area contributed by atoms with E-state index in [-0.39, 0.29) is 0 Å². The lowest BCUT2D eigenvalue weighted by molar-refractivity contribution is -0.139. The van der Waals surface area contributed by atoms with Crippen LogP contribution >= 0.6 is 0 Å². The summed E-state index contributed by atoms with van der Waals surface area (Å²) in [6.07, 6.45) is 7.34. The van der Waals surface area contributed by atoms with E-state index in [1.54, 1.807) is 6.08 Å². The number of carbonyl (C=O) groups is 1. The van der Waals surface area contributed by atoms with E-state index in [1.165, 1.54) is 0 Å². The molecule has 0 aromatic rings. The first-order chi connectivity index (χ1) is 5.84. The van der Waals surface area contributed by atoms with Crippen LogP contribution in [-0.2, 0) is 9.63 Å². The Morgan fingerprint density at radius 3 is 2.58 bits per heavy atom. The molecule has 0 spiro atoms. The van der Waals surface area contributed by atoms with E-state index >= 15 is 0 Å². The van der Waals surface area contributed by atoms with Crippen LogP contribution in [0.3, 0.4) is 0 Å². The topological polar surface area (TPSA) is 52.3 Å². The van der Waals surface area contributed by atoms with Gasteiger partial charge in [0.05, 0.1) is 5.57 Å². The zero-order valence-electron chi connectivity index (χ0n) is 7.54. The molecule has 3 heteroatoms. The second-order valence-corrected chi connectivity index (χ2v) is 2.04. The second-order valence-electron chi connectivity index (χ2n) is 2.04. The fourth-order valence-electron chi connectivity index (χ4n) is 0.833. The first-order valence-corrected chi connectivity index (χ1v) is 4.12. The van der Waals surface area contributed by atoms with Crippen LogP contribution in [0.25, 0.3) is 0 Å².